The van der Waals surface area contributed by atoms with Gasteiger partial charge in [-0.2, -0.15) is 13.2 Å². The van der Waals surface area contributed by atoms with Gasteiger partial charge in [0.15, 0.2) is 0 Å². The Labute approximate surface area is 133 Å². The van der Waals surface area contributed by atoms with Gasteiger partial charge in [0.25, 0.3) is 0 Å². The summed E-state index contributed by atoms with van der Waals surface area (Å²) in [4.78, 5) is 15.6. The van der Waals surface area contributed by atoms with Crippen molar-refractivity contribution in [3.8, 4) is 0 Å². The highest BCUT2D eigenvalue weighted by Crippen LogP contribution is 2.17. The van der Waals surface area contributed by atoms with Crippen molar-refractivity contribution in [2.45, 2.75) is 50.9 Å². The molecule has 1 aliphatic carbocycles. The van der Waals surface area contributed by atoms with Crippen molar-refractivity contribution in [1.82, 2.24) is 15.6 Å². The second-order valence-electron chi connectivity index (χ2n) is 5.68. The Kier molecular flexibility index (Phi) is 6.06. The van der Waals surface area contributed by atoms with E-state index in [9.17, 15) is 18.0 Å². The highest BCUT2D eigenvalue weighted by atomic mass is 19.4. The third kappa shape index (κ3) is 6.75. The van der Waals surface area contributed by atoms with Gasteiger partial charge in [-0.3, -0.25) is 0 Å². The molecule has 0 aromatic carbocycles. The van der Waals surface area contributed by atoms with E-state index in [1.165, 1.54) is 18.7 Å². The van der Waals surface area contributed by atoms with E-state index >= 15 is 0 Å². The molecule has 1 aromatic rings. The monoisotopic (exact) mass is 330 g/mol. The molecule has 0 atom stereocenters. The molecule has 8 heteroatoms. The molecule has 0 bridgehead atoms. The molecule has 23 heavy (non-hydrogen) atoms. The normalized spacial score (nSPS) is 16.0. The Morgan fingerprint density at radius 3 is 2.70 bits per heavy atom. The van der Waals surface area contributed by atoms with Crippen molar-refractivity contribution in [1.29, 1.82) is 0 Å². The van der Waals surface area contributed by atoms with E-state index in [1.54, 1.807) is 6.07 Å². The summed E-state index contributed by atoms with van der Waals surface area (Å²) in [5.41, 5.74) is 0.684. The van der Waals surface area contributed by atoms with E-state index in [0.29, 0.717) is 5.56 Å². The van der Waals surface area contributed by atoms with Crippen LogP contribution >= 0.6 is 0 Å². The number of carbonyl (C=O) groups excluding carboxylic acids is 1. The second-order valence-corrected chi connectivity index (χ2v) is 5.68. The first-order chi connectivity index (χ1) is 10.9. The van der Waals surface area contributed by atoms with E-state index in [4.69, 9.17) is 0 Å². The van der Waals surface area contributed by atoms with Gasteiger partial charge in [0.1, 0.15) is 12.4 Å². The summed E-state index contributed by atoms with van der Waals surface area (Å²) < 4.78 is 36.5. The first kappa shape index (κ1) is 17.4. The van der Waals surface area contributed by atoms with Gasteiger partial charge >= 0.3 is 12.2 Å². The highest BCUT2D eigenvalue weighted by molar-refractivity contribution is 5.74. The Morgan fingerprint density at radius 1 is 1.26 bits per heavy atom. The Bertz CT molecular complexity index is 516. The van der Waals surface area contributed by atoms with Crippen LogP contribution in [0.3, 0.4) is 0 Å². The topological polar surface area (TPSA) is 66.0 Å². The van der Waals surface area contributed by atoms with Crippen molar-refractivity contribution in [2.75, 3.05) is 11.9 Å². The molecular weight excluding hydrogens is 309 g/mol. The molecule has 1 heterocycles. The average molecular weight is 330 g/mol. The maximum Gasteiger partial charge on any atom is 0.405 e. The molecule has 2 rings (SSSR count). The zero-order chi connectivity index (χ0) is 16.7. The number of pyridine rings is 1. The number of nitrogens with one attached hydrogen (secondary N) is 3. The van der Waals surface area contributed by atoms with Crippen LogP contribution < -0.4 is 16.0 Å². The summed E-state index contributed by atoms with van der Waals surface area (Å²) in [5, 5.41) is 7.85. The molecule has 2 amide bonds. The van der Waals surface area contributed by atoms with Crippen LogP contribution in [0.2, 0.25) is 0 Å². The number of hydrogen-bond acceptors (Lipinski definition) is 3. The zero-order valence-corrected chi connectivity index (χ0v) is 12.7. The molecular formula is C15H21F3N4O. The van der Waals surface area contributed by atoms with Gasteiger partial charge in [-0.05, 0) is 30.5 Å². The fourth-order valence-corrected chi connectivity index (χ4v) is 2.54. The highest BCUT2D eigenvalue weighted by Gasteiger charge is 2.26. The van der Waals surface area contributed by atoms with Gasteiger partial charge in [0, 0.05) is 18.8 Å². The fraction of sp³-hybridized carbons (Fsp3) is 0.600. The summed E-state index contributed by atoms with van der Waals surface area (Å²) in [5.74, 6) is 0.134. The fourth-order valence-electron chi connectivity index (χ4n) is 2.54. The molecule has 0 unspecified atom stereocenters. The summed E-state index contributed by atoms with van der Waals surface area (Å²) >= 11 is 0. The lowest BCUT2D eigenvalue weighted by atomic mass is 9.96. The molecule has 0 saturated heterocycles. The molecule has 0 spiro atoms. The number of alkyl halides is 3. The lowest BCUT2D eigenvalue weighted by Gasteiger charge is -2.22. The number of anilines is 1. The smallest absolute Gasteiger partial charge is 0.361 e. The van der Waals surface area contributed by atoms with Gasteiger partial charge in [-0.25, -0.2) is 9.78 Å². The molecule has 1 fully saturated rings. The van der Waals surface area contributed by atoms with Crippen LogP contribution in [-0.4, -0.2) is 29.8 Å². The Morgan fingerprint density at radius 2 is 2.00 bits per heavy atom. The predicted octanol–water partition coefficient (Wildman–Crippen LogP) is 3.19. The summed E-state index contributed by atoms with van der Waals surface area (Å²) in [6, 6.07) is 3.11. The van der Waals surface area contributed by atoms with Crippen molar-refractivity contribution >= 4 is 11.8 Å². The lowest BCUT2D eigenvalue weighted by Crippen LogP contribution is -2.42. The maximum absolute atomic E-state index is 12.2. The number of carbonyl (C=O) groups is 1. The van der Waals surface area contributed by atoms with E-state index in [1.807, 2.05) is 0 Å². The van der Waals surface area contributed by atoms with Gasteiger partial charge in [0.05, 0.1) is 0 Å². The van der Waals surface area contributed by atoms with Crippen molar-refractivity contribution in [2.24, 2.45) is 0 Å². The molecule has 1 aliphatic rings. The molecule has 0 aliphatic heterocycles. The summed E-state index contributed by atoms with van der Waals surface area (Å²) in [7, 11) is 0. The first-order valence-electron chi connectivity index (χ1n) is 7.72. The number of halogens is 3. The number of amides is 2. The minimum Gasteiger partial charge on any atom is -0.361 e. The number of urea groups is 1. The van der Waals surface area contributed by atoms with E-state index < -0.39 is 12.7 Å². The van der Waals surface area contributed by atoms with Gasteiger partial charge in [-0.1, -0.05) is 19.3 Å². The van der Waals surface area contributed by atoms with Gasteiger partial charge in [0.2, 0.25) is 0 Å². The quantitative estimate of drug-likeness (QED) is 0.777. The molecule has 0 radical (unpaired) electrons. The Hall–Kier alpha value is -1.99. The summed E-state index contributed by atoms with van der Waals surface area (Å²) in [6.45, 7) is -0.902. The predicted molar refractivity (Wildman–Crippen MR) is 81.0 cm³/mol. The third-order valence-electron chi connectivity index (χ3n) is 3.69. The van der Waals surface area contributed by atoms with Crippen molar-refractivity contribution < 1.29 is 18.0 Å². The van der Waals surface area contributed by atoms with E-state index in [0.717, 1.165) is 25.7 Å². The van der Waals surface area contributed by atoms with Crippen LogP contribution in [0.25, 0.3) is 0 Å². The third-order valence-corrected chi connectivity index (χ3v) is 3.69. The van der Waals surface area contributed by atoms with Crippen LogP contribution in [0.1, 0.15) is 37.7 Å². The average Bonchev–Trinajstić information content (AvgIpc) is 2.52. The van der Waals surface area contributed by atoms with Crippen LogP contribution in [0.4, 0.5) is 23.8 Å². The standard InChI is InChI=1S/C15H21F3N4O/c16-15(17,18)10-21-13-8-11(6-7-19-13)9-20-14(23)22-12-4-2-1-3-5-12/h6-8,12H,1-5,9-10H2,(H,19,21)(H2,20,22,23). The molecule has 5 nitrogen and oxygen atoms in total. The van der Waals surface area contributed by atoms with Crippen molar-refractivity contribution in [3.05, 3.63) is 23.9 Å². The molecule has 3 N–H and O–H groups in total. The van der Waals surface area contributed by atoms with E-state index in [2.05, 4.69) is 20.9 Å². The number of rotatable bonds is 5. The van der Waals surface area contributed by atoms with Crippen molar-refractivity contribution in [3.63, 3.8) is 0 Å². The Balaban J connectivity index is 1.77. The van der Waals surface area contributed by atoms with Crippen LogP contribution in [0, 0.1) is 0 Å². The number of nitrogens with zero attached hydrogens (tertiary/aromatic N) is 1. The number of hydrogen-bond donors (Lipinski definition) is 3. The molecule has 1 aromatic heterocycles. The maximum atomic E-state index is 12.2. The van der Waals surface area contributed by atoms with Crippen LogP contribution in [0.5, 0.6) is 0 Å². The molecule has 128 valence electrons. The van der Waals surface area contributed by atoms with Crippen LogP contribution in [-0.2, 0) is 6.54 Å². The van der Waals surface area contributed by atoms with E-state index in [-0.39, 0.29) is 24.4 Å². The minimum absolute atomic E-state index is 0.134. The molecule has 1 saturated carbocycles. The van der Waals surface area contributed by atoms with Crippen LogP contribution in [0.15, 0.2) is 18.3 Å². The zero-order valence-electron chi connectivity index (χ0n) is 12.7. The first-order valence-corrected chi connectivity index (χ1v) is 7.72. The largest absolute Gasteiger partial charge is 0.405 e. The second kappa shape index (κ2) is 8.03. The number of aromatic nitrogens is 1. The van der Waals surface area contributed by atoms with Gasteiger partial charge < -0.3 is 16.0 Å². The SMILES string of the molecule is O=C(NCc1ccnc(NCC(F)(F)F)c1)NC1CCCCC1. The summed E-state index contributed by atoms with van der Waals surface area (Å²) in [6.07, 6.45) is 2.57. The lowest BCUT2D eigenvalue weighted by molar-refractivity contribution is -0.115. The minimum atomic E-state index is -4.30. The van der Waals surface area contributed by atoms with Gasteiger partial charge in [-0.15, -0.1) is 0 Å².